The summed E-state index contributed by atoms with van der Waals surface area (Å²) in [6.45, 7) is 1.53. The Morgan fingerprint density at radius 3 is 2.26 bits per heavy atom. The molecule has 1 aliphatic heterocycles. The number of rotatable bonds is 3. The number of hydrogen-bond donors (Lipinski definition) is 0. The van der Waals surface area contributed by atoms with Gasteiger partial charge in [0.1, 0.15) is 0 Å². The summed E-state index contributed by atoms with van der Waals surface area (Å²) in [5.41, 5.74) is 1.54. The third-order valence-electron chi connectivity index (χ3n) is 3.99. The number of benzene rings is 1. The van der Waals surface area contributed by atoms with Crippen molar-refractivity contribution in [3.8, 4) is 5.69 Å². The van der Waals surface area contributed by atoms with Crippen LogP contribution in [0, 0.1) is 0 Å². The number of carbonyl (C=O) groups excluding carboxylic acids is 1. The Balaban J connectivity index is 1.73. The van der Waals surface area contributed by atoms with Crippen LogP contribution in [0.4, 0.5) is 0 Å². The first-order valence-electron chi connectivity index (χ1n) is 7.43. The van der Waals surface area contributed by atoms with Gasteiger partial charge in [0.25, 0.3) is 5.91 Å². The second-order valence-corrected chi connectivity index (χ2v) is 7.58. The lowest BCUT2D eigenvalue weighted by molar-refractivity contribution is 0.0698. The van der Waals surface area contributed by atoms with Gasteiger partial charge in [0, 0.05) is 49.8 Å². The normalized spacial score (nSPS) is 16.5. The summed E-state index contributed by atoms with van der Waals surface area (Å²) in [5, 5.41) is 0. The second-order valence-electron chi connectivity index (χ2n) is 5.59. The minimum Gasteiger partial charge on any atom is -0.336 e. The van der Waals surface area contributed by atoms with Crippen LogP contribution >= 0.6 is 0 Å². The van der Waals surface area contributed by atoms with Crippen molar-refractivity contribution in [3.63, 3.8) is 0 Å². The highest BCUT2D eigenvalue weighted by Gasteiger charge is 2.26. The van der Waals surface area contributed by atoms with Gasteiger partial charge in [-0.25, -0.2) is 8.42 Å². The van der Waals surface area contributed by atoms with Gasteiger partial charge in [-0.1, -0.05) is 6.07 Å². The van der Waals surface area contributed by atoms with Gasteiger partial charge in [0.2, 0.25) is 10.0 Å². The molecular weight excluding hydrogens is 314 g/mol. The van der Waals surface area contributed by atoms with E-state index in [2.05, 4.69) is 0 Å². The summed E-state index contributed by atoms with van der Waals surface area (Å²) in [6, 6.07) is 11.3. The maximum Gasteiger partial charge on any atom is 0.254 e. The third kappa shape index (κ3) is 3.46. The van der Waals surface area contributed by atoms with Crippen LogP contribution in [-0.2, 0) is 10.0 Å². The summed E-state index contributed by atoms with van der Waals surface area (Å²) in [4.78, 5) is 14.3. The van der Waals surface area contributed by atoms with Crippen LogP contribution in [0.5, 0.6) is 0 Å². The molecule has 1 saturated heterocycles. The first-order valence-corrected chi connectivity index (χ1v) is 9.28. The number of hydrogen-bond acceptors (Lipinski definition) is 3. The lowest BCUT2D eigenvalue weighted by atomic mass is 10.1. The molecule has 0 aliphatic carbocycles. The van der Waals surface area contributed by atoms with Crippen molar-refractivity contribution in [2.24, 2.45) is 0 Å². The molecule has 0 spiro atoms. The molecule has 1 aromatic carbocycles. The zero-order valence-corrected chi connectivity index (χ0v) is 13.7. The lowest BCUT2D eigenvalue weighted by Crippen LogP contribution is -2.50. The molecule has 1 aromatic heterocycles. The molecule has 6 nitrogen and oxygen atoms in total. The number of sulfonamides is 1. The fourth-order valence-electron chi connectivity index (χ4n) is 2.71. The van der Waals surface area contributed by atoms with Crippen molar-refractivity contribution in [3.05, 3.63) is 54.4 Å². The molecule has 3 rings (SSSR count). The predicted octanol–water partition coefficient (Wildman–Crippen LogP) is 1.19. The monoisotopic (exact) mass is 333 g/mol. The van der Waals surface area contributed by atoms with E-state index in [1.54, 1.807) is 11.0 Å². The van der Waals surface area contributed by atoms with Gasteiger partial charge in [-0.05, 0) is 30.3 Å². The Morgan fingerprint density at radius 2 is 1.65 bits per heavy atom. The fraction of sp³-hybridized carbons (Fsp3) is 0.312. The molecule has 1 amide bonds. The fourth-order valence-corrected chi connectivity index (χ4v) is 3.54. The summed E-state index contributed by atoms with van der Waals surface area (Å²) in [7, 11) is -3.18. The van der Waals surface area contributed by atoms with Crippen LogP contribution in [0.3, 0.4) is 0 Å². The molecule has 0 radical (unpaired) electrons. The molecule has 2 aromatic rings. The standard InChI is InChI=1S/C16H19N3O3S/c1-23(21,22)19-11-9-18(10-12-19)16(20)14-5-4-6-15(13-14)17-7-2-3-8-17/h2-8,13H,9-12H2,1H3. The average Bonchev–Trinajstić information content (AvgIpc) is 3.08. The van der Waals surface area contributed by atoms with E-state index in [0.717, 1.165) is 5.69 Å². The van der Waals surface area contributed by atoms with E-state index >= 15 is 0 Å². The third-order valence-corrected chi connectivity index (χ3v) is 5.29. The summed E-state index contributed by atoms with van der Waals surface area (Å²) < 4.78 is 26.4. The molecule has 0 N–H and O–H groups in total. The molecular formula is C16H19N3O3S. The zero-order valence-electron chi connectivity index (χ0n) is 12.9. The molecule has 0 atom stereocenters. The van der Waals surface area contributed by atoms with Gasteiger partial charge < -0.3 is 9.47 Å². The summed E-state index contributed by atoms with van der Waals surface area (Å²) in [5.74, 6) is -0.0628. The number of piperazine rings is 1. The highest BCUT2D eigenvalue weighted by molar-refractivity contribution is 7.88. The number of aromatic nitrogens is 1. The summed E-state index contributed by atoms with van der Waals surface area (Å²) in [6.07, 6.45) is 5.05. The second kappa shape index (κ2) is 6.17. The van der Waals surface area contributed by atoms with Crippen molar-refractivity contribution in [1.82, 2.24) is 13.8 Å². The van der Waals surface area contributed by atoms with E-state index in [0.29, 0.717) is 31.7 Å². The summed E-state index contributed by atoms with van der Waals surface area (Å²) >= 11 is 0. The van der Waals surface area contributed by atoms with Crippen LogP contribution in [0.25, 0.3) is 5.69 Å². The van der Waals surface area contributed by atoms with E-state index in [-0.39, 0.29) is 5.91 Å². The van der Waals surface area contributed by atoms with E-state index in [4.69, 9.17) is 0 Å². The molecule has 122 valence electrons. The lowest BCUT2D eigenvalue weighted by Gasteiger charge is -2.33. The molecule has 23 heavy (non-hydrogen) atoms. The van der Waals surface area contributed by atoms with Gasteiger partial charge in [-0.3, -0.25) is 4.79 Å². The first kappa shape index (κ1) is 15.8. The van der Waals surface area contributed by atoms with Crippen molar-refractivity contribution in [2.75, 3.05) is 32.4 Å². The minimum atomic E-state index is -3.18. The quantitative estimate of drug-likeness (QED) is 0.848. The van der Waals surface area contributed by atoms with Crippen LogP contribution < -0.4 is 0 Å². The first-order chi connectivity index (χ1) is 10.9. The van der Waals surface area contributed by atoms with Crippen molar-refractivity contribution in [2.45, 2.75) is 0 Å². The van der Waals surface area contributed by atoms with Crippen molar-refractivity contribution in [1.29, 1.82) is 0 Å². The van der Waals surface area contributed by atoms with Crippen LogP contribution in [0.1, 0.15) is 10.4 Å². The van der Waals surface area contributed by atoms with Crippen LogP contribution in [-0.4, -0.2) is 60.5 Å². The Hall–Kier alpha value is -2.12. The number of amides is 1. The Labute approximate surface area is 136 Å². The number of nitrogens with zero attached hydrogens (tertiary/aromatic N) is 3. The van der Waals surface area contributed by atoms with Gasteiger partial charge in [0.05, 0.1) is 6.26 Å². The van der Waals surface area contributed by atoms with E-state index < -0.39 is 10.0 Å². The SMILES string of the molecule is CS(=O)(=O)N1CCN(C(=O)c2cccc(-n3cccc3)c2)CC1. The van der Waals surface area contributed by atoms with Crippen molar-refractivity contribution < 1.29 is 13.2 Å². The molecule has 1 fully saturated rings. The molecule has 2 heterocycles. The van der Waals surface area contributed by atoms with Crippen LogP contribution in [0.15, 0.2) is 48.8 Å². The van der Waals surface area contributed by atoms with E-state index in [1.807, 2.05) is 47.3 Å². The van der Waals surface area contributed by atoms with Gasteiger partial charge in [-0.2, -0.15) is 4.31 Å². The highest BCUT2D eigenvalue weighted by atomic mass is 32.2. The highest BCUT2D eigenvalue weighted by Crippen LogP contribution is 2.15. The van der Waals surface area contributed by atoms with Gasteiger partial charge in [-0.15, -0.1) is 0 Å². The average molecular weight is 333 g/mol. The van der Waals surface area contributed by atoms with E-state index in [9.17, 15) is 13.2 Å². The predicted molar refractivity (Wildman–Crippen MR) is 88.1 cm³/mol. The molecule has 0 saturated carbocycles. The Morgan fingerprint density at radius 1 is 1.00 bits per heavy atom. The molecule has 0 unspecified atom stereocenters. The zero-order chi connectivity index (χ0) is 16.4. The Kier molecular flexibility index (Phi) is 4.23. The Bertz CT molecular complexity index is 792. The molecule has 7 heteroatoms. The largest absolute Gasteiger partial charge is 0.336 e. The van der Waals surface area contributed by atoms with Crippen molar-refractivity contribution >= 4 is 15.9 Å². The smallest absolute Gasteiger partial charge is 0.254 e. The topological polar surface area (TPSA) is 62.6 Å². The molecule has 0 bridgehead atoms. The minimum absolute atomic E-state index is 0.0628. The van der Waals surface area contributed by atoms with Gasteiger partial charge in [0.15, 0.2) is 0 Å². The maximum absolute atomic E-state index is 12.6. The van der Waals surface area contributed by atoms with Crippen LogP contribution in [0.2, 0.25) is 0 Å². The maximum atomic E-state index is 12.6. The number of carbonyl (C=O) groups is 1. The van der Waals surface area contributed by atoms with E-state index in [1.165, 1.54) is 10.6 Å². The van der Waals surface area contributed by atoms with Gasteiger partial charge >= 0.3 is 0 Å². The molecule has 1 aliphatic rings.